The lowest BCUT2D eigenvalue weighted by Crippen LogP contribution is -2.42. The van der Waals surface area contributed by atoms with Crippen molar-refractivity contribution in [2.45, 2.75) is 44.8 Å². The molecule has 23 heavy (non-hydrogen) atoms. The molecule has 1 amide bonds. The summed E-state index contributed by atoms with van der Waals surface area (Å²) in [5.41, 5.74) is 0.709. The van der Waals surface area contributed by atoms with E-state index in [2.05, 4.69) is 5.32 Å². The second-order valence-corrected chi connectivity index (χ2v) is 6.03. The topological polar surface area (TPSA) is 64.6 Å². The molecule has 1 N–H and O–H groups in total. The number of carbonyl (C=O) groups excluding carboxylic acids is 2. The summed E-state index contributed by atoms with van der Waals surface area (Å²) in [4.78, 5) is 24.0. The number of carbonyl (C=O) groups is 2. The number of amides is 1. The number of hydrogen-bond donors (Lipinski definition) is 1. The maximum absolute atomic E-state index is 13.2. The van der Waals surface area contributed by atoms with E-state index in [0.29, 0.717) is 30.8 Å². The molecule has 0 radical (unpaired) electrons. The summed E-state index contributed by atoms with van der Waals surface area (Å²) in [5.74, 6) is -0.319. The van der Waals surface area contributed by atoms with Gasteiger partial charge in [0, 0.05) is 18.0 Å². The van der Waals surface area contributed by atoms with Gasteiger partial charge in [0.15, 0.2) is 6.10 Å². The molecule has 3 atom stereocenters. The van der Waals surface area contributed by atoms with E-state index in [-0.39, 0.29) is 29.7 Å². The molecule has 1 aromatic rings. The van der Waals surface area contributed by atoms with Crippen LogP contribution >= 0.6 is 0 Å². The lowest BCUT2D eigenvalue weighted by Gasteiger charge is -2.16. The van der Waals surface area contributed by atoms with Crippen LogP contribution in [0.1, 0.15) is 31.7 Å². The monoisotopic (exact) mass is 321 g/mol. The Morgan fingerprint density at radius 2 is 2.22 bits per heavy atom. The van der Waals surface area contributed by atoms with Gasteiger partial charge in [-0.3, -0.25) is 9.59 Å². The van der Waals surface area contributed by atoms with Crippen molar-refractivity contribution in [1.82, 2.24) is 5.32 Å². The van der Waals surface area contributed by atoms with Gasteiger partial charge in [0.2, 0.25) is 0 Å². The summed E-state index contributed by atoms with van der Waals surface area (Å²) in [6.45, 7) is 2.15. The van der Waals surface area contributed by atoms with Gasteiger partial charge < -0.3 is 14.8 Å². The predicted molar refractivity (Wildman–Crippen MR) is 80.4 cm³/mol. The molecule has 0 spiro atoms. The Hall–Kier alpha value is -2.11. The largest absolute Gasteiger partial charge is 0.480 e. The quantitative estimate of drug-likeness (QED) is 0.861. The minimum Gasteiger partial charge on any atom is -0.480 e. The molecule has 1 fully saturated rings. The van der Waals surface area contributed by atoms with Crippen LogP contribution in [-0.2, 0) is 20.7 Å². The predicted octanol–water partition coefficient (Wildman–Crippen LogP) is 1.98. The number of benzene rings is 1. The van der Waals surface area contributed by atoms with E-state index < -0.39 is 6.10 Å². The number of esters is 1. The Morgan fingerprint density at radius 1 is 1.39 bits per heavy atom. The van der Waals surface area contributed by atoms with Crippen LogP contribution in [0.5, 0.6) is 5.75 Å². The van der Waals surface area contributed by atoms with Crippen molar-refractivity contribution >= 4 is 11.9 Å². The molecular weight excluding hydrogens is 301 g/mol. The highest BCUT2D eigenvalue weighted by molar-refractivity contribution is 5.83. The number of hydrogen-bond acceptors (Lipinski definition) is 4. The second kappa shape index (κ2) is 6.56. The smallest absolute Gasteiger partial charge is 0.308 e. The first kappa shape index (κ1) is 15.8. The lowest BCUT2D eigenvalue weighted by molar-refractivity contribution is -0.147. The minimum atomic E-state index is -0.631. The Morgan fingerprint density at radius 3 is 3.00 bits per heavy atom. The zero-order chi connectivity index (χ0) is 16.4. The van der Waals surface area contributed by atoms with E-state index in [4.69, 9.17) is 9.47 Å². The Balaban J connectivity index is 1.52. The van der Waals surface area contributed by atoms with Gasteiger partial charge in [0.05, 0.1) is 12.5 Å². The zero-order valence-corrected chi connectivity index (χ0v) is 13.0. The highest BCUT2D eigenvalue weighted by atomic mass is 19.1. The molecule has 1 heterocycles. The van der Waals surface area contributed by atoms with Crippen LogP contribution < -0.4 is 10.1 Å². The first-order valence-electron chi connectivity index (χ1n) is 7.99. The van der Waals surface area contributed by atoms with Crippen LogP contribution in [0.25, 0.3) is 0 Å². The first-order valence-corrected chi connectivity index (χ1v) is 7.99. The summed E-state index contributed by atoms with van der Waals surface area (Å²) in [7, 11) is 0. The lowest BCUT2D eigenvalue weighted by atomic mass is 10.1. The van der Waals surface area contributed by atoms with E-state index in [1.165, 1.54) is 12.1 Å². The minimum absolute atomic E-state index is 0.0408. The van der Waals surface area contributed by atoms with E-state index in [1.807, 2.05) is 0 Å². The summed E-state index contributed by atoms with van der Waals surface area (Å²) < 4.78 is 23.8. The summed E-state index contributed by atoms with van der Waals surface area (Å²) in [6, 6.07) is 4.22. The highest BCUT2D eigenvalue weighted by Crippen LogP contribution is 2.30. The van der Waals surface area contributed by atoms with Crippen molar-refractivity contribution in [3.8, 4) is 5.75 Å². The van der Waals surface area contributed by atoms with Crippen LogP contribution in [0, 0.1) is 11.7 Å². The molecule has 3 rings (SSSR count). The third kappa shape index (κ3) is 3.46. The summed E-state index contributed by atoms with van der Waals surface area (Å²) >= 11 is 0. The van der Waals surface area contributed by atoms with E-state index in [9.17, 15) is 14.0 Å². The Kier molecular flexibility index (Phi) is 4.50. The van der Waals surface area contributed by atoms with Crippen molar-refractivity contribution < 1.29 is 23.5 Å². The maximum Gasteiger partial charge on any atom is 0.308 e. The molecule has 0 saturated heterocycles. The molecule has 1 aromatic carbocycles. The van der Waals surface area contributed by atoms with Crippen molar-refractivity contribution in [3.63, 3.8) is 0 Å². The molecule has 0 bridgehead atoms. The van der Waals surface area contributed by atoms with Crippen LogP contribution in [0.4, 0.5) is 4.39 Å². The standard InChI is InChI=1S/C17H20FNO4/c1-2-22-17(21)10-3-5-13(8-10)19-16(20)15-9-11-7-12(18)4-6-14(11)23-15/h4,6-7,10,13,15H,2-3,5,8-9H2,1H3,(H,19,20)/t10-,13+,15+/m1/s1. The Labute approximate surface area is 134 Å². The fraction of sp³-hybridized carbons (Fsp3) is 0.529. The van der Waals surface area contributed by atoms with Gasteiger partial charge in [-0.2, -0.15) is 0 Å². The van der Waals surface area contributed by atoms with E-state index in [1.54, 1.807) is 13.0 Å². The molecule has 124 valence electrons. The zero-order valence-electron chi connectivity index (χ0n) is 13.0. The first-order chi connectivity index (χ1) is 11.1. The fourth-order valence-corrected chi connectivity index (χ4v) is 3.24. The van der Waals surface area contributed by atoms with Crippen LogP contribution in [0.15, 0.2) is 18.2 Å². The van der Waals surface area contributed by atoms with Gasteiger partial charge in [-0.05, 0) is 44.4 Å². The summed E-state index contributed by atoms with van der Waals surface area (Å²) in [6.07, 6.45) is 1.81. The van der Waals surface area contributed by atoms with Gasteiger partial charge in [-0.25, -0.2) is 4.39 Å². The van der Waals surface area contributed by atoms with Gasteiger partial charge in [-0.1, -0.05) is 0 Å². The maximum atomic E-state index is 13.2. The molecule has 1 aliphatic heterocycles. The third-order valence-electron chi connectivity index (χ3n) is 4.39. The number of halogens is 1. The third-order valence-corrected chi connectivity index (χ3v) is 4.39. The van der Waals surface area contributed by atoms with Gasteiger partial charge in [0.1, 0.15) is 11.6 Å². The molecule has 6 heteroatoms. The SMILES string of the molecule is CCOC(=O)[C@@H]1CC[C@H](NC(=O)[C@@H]2Cc3cc(F)ccc3O2)C1. The van der Waals surface area contributed by atoms with Gasteiger partial charge >= 0.3 is 5.97 Å². The number of ether oxygens (including phenoxy) is 2. The van der Waals surface area contributed by atoms with Crippen molar-refractivity contribution in [3.05, 3.63) is 29.6 Å². The Bertz CT molecular complexity index is 619. The summed E-state index contributed by atoms with van der Waals surface area (Å²) in [5, 5.41) is 2.93. The number of rotatable bonds is 4. The van der Waals surface area contributed by atoms with Gasteiger partial charge in [-0.15, -0.1) is 0 Å². The van der Waals surface area contributed by atoms with Gasteiger partial charge in [0.25, 0.3) is 5.91 Å². The number of fused-ring (bicyclic) bond motifs is 1. The molecule has 1 aliphatic carbocycles. The molecule has 5 nitrogen and oxygen atoms in total. The van der Waals surface area contributed by atoms with E-state index >= 15 is 0 Å². The molecule has 2 aliphatic rings. The second-order valence-electron chi connectivity index (χ2n) is 6.03. The molecule has 0 unspecified atom stereocenters. The van der Waals surface area contributed by atoms with Crippen LogP contribution in [0.2, 0.25) is 0 Å². The average Bonchev–Trinajstić information content (AvgIpc) is 3.13. The number of nitrogens with one attached hydrogen (secondary N) is 1. The fourth-order valence-electron chi connectivity index (χ4n) is 3.24. The van der Waals surface area contributed by atoms with Crippen LogP contribution in [-0.4, -0.2) is 30.6 Å². The van der Waals surface area contributed by atoms with Crippen molar-refractivity contribution in [1.29, 1.82) is 0 Å². The molecule has 0 aromatic heterocycles. The van der Waals surface area contributed by atoms with Crippen molar-refractivity contribution in [2.24, 2.45) is 5.92 Å². The van der Waals surface area contributed by atoms with Crippen LogP contribution in [0.3, 0.4) is 0 Å². The molecular formula is C17H20FNO4. The average molecular weight is 321 g/mol. The van der Waals surface area contributed by atoms with Crippen molar-refractivity contribution in [2.75, 3.05) is 6.61 Å². The highest BCUT2D eigenvalue weighted by Gasteiger charge is 2.35. The van der Waals surface area contributed by atoms with E-state index in [0.717, 1.165) is 12.8 Å². The normalized spacial score (nSPS) is 25.6. The molecule has 1 saturated carbocycles.